The van der Waals surface area contributed by atoms with Crippen molar-refractivity contribution in [2.75, 3.05) is 32.6 Å². The van der Waals surface area contributed by atoms with Crippen LogP contribution in [0.1, 0.15) is 12.8 Å². The molecule has 1 aromatic rings. The van der Waals surface area contributed by atoms with Crippen molar-refractivity contribution < 1.29 is 14.3 Å². The van der Waals surface area contributed by atoms with Gasteiger partial charge in [0.15, 0.2) is 0 Å². The minimum absolute atomic E-state index is 0.0621. The summed E-state index contributed by atoms with van der Waals surface area (Å²) in [5.74, 6) is -0.472. The van der Waals surface area contributed by atoms with Gasteiger partial charge in [-0.3, -0.25) is 9.59 Å². The molecule has 0 aromatic heterocycles. The first-order valence-corrected chi connectivity index (χ1v) is 7.18. The number of ether oxygens (including phenoxy) is 1. The first-order valence-electron chi connectivity index (χ1n) is 6.42. The normalized spacial score (nSPS) is 10.3. The van der Waals surface area contributed by atoms with Crippen LogP contribution in [0.2, 0.25) is 10.0 Å². The maximum absolute atomic E-state index is 11.9. The highest BCUT2D eigenvalue weighted by molar-refractivity contribution is 6.39. The van der Waals surface area contributed by atoms with E-state index >= 15 is 0 Å². The molecule has 1 aromatic carbocycles. The Kier molecular flexibility index (Phi) is 7.50. The molecule has 0 spiro atoms. The number of methoxy groups -OCH3 is 1. The number of likely N-dealkylation sites (N-methyl/N-ethyl adjacent to an activating group) is 1. The predicted octanol–water partition coefficient (Wildman–Crippen LogP) is 2.82. The Balaban J connectivity index is 2.51. The molecule has 0 atom stereocenters. The van der Waals surface area contributed by atoms with Crippen LogP contribution in [0.5, 0.6) is 0 Å². The lowest BCUT2D eigenvalue weighted by atomic mass is 10.3. The molecule has 116 valence electrons. The number of hydrogen-bond acceptors (Lipinski definition) is 3. The zero-order chi connectivity index (χ0) is 15.8. The van der Waals surface area contributed by atoms with Crippen molar-refractivity contribution in [3.63, 3.8) is 0 Å². The molecule has 0 unspecified atom stereocenters. The number of para-hydroxylation sites is 1. The van der Waals surface area contributed by atoms with E-state index in [9.17, 15) is 9.59 Å². The number of anilines is 1. The lowest BCUT2D eigenvalue weighted by Gasteiger charge is -2.17. The van der Waals surface area contributed by atoms with Crippen LogP contribution in [-0.2, 0) is 14.3 Å². The molecule has 0 heterocycles. The number of carbonyl (C=O) groups excluding carboxylic acids is 2. The molecule has 5 nitrogen and oxygen atoms in total. The van der Waals surface area contributed by atoms with Gasteiger partial charge in [0.05, 0.1) is 22.3 Å². The zero-order valence-corrected chi connectivity index (χ0v) is 13.5. The number of carbonyl (C=O) groups is 2. The summed E-state index contributed by atoms with van der Waals surface area (Å²) in [6.45, 7) is 0.453. The van der Waals surface area contributed by atoms with Crippen LogP contribution in [0.25, 0.3) is 0 Å². The number of nitrogens with one attached hydrogen (secondary N) is 1. The van der Waals surface area contributed by atoms with Gasteiger partial charge in [-0.05, 0) is 18.6 Å². The Morgan fingerprint density at radius 2 is 1.90 bits per heavy atom. The Labute approximate surface area is 134 Å². The highest BCUT2D eigenvalue weighted by Crippen LogP contribution is 2.29. The van der Waals surface area contributed by atoms with Crippen molar-refractivity contribution in [3.8, 4) is 0 Å². The molecule has 0 bridgehead atoms. The first-order chi connectivity index (χ1) is 9.95. The number of amides is 2. The smallest absolute Gasteiger partial charge is 0.244 e. The summed E-state index contributed by atoms with van der Waals surface area (Å²) in [4.78, 5) is 25.0. The fourth-order valence-corrected chi connectivity index (χ4v) is 2.15. The number of halogens is 2. The van der Waals surface area contributed by atoms with E-state index in [4.69, 9.17) is 27.9 Å². The lowest BCUT2D eigenvalue weighted by Crippen LogP contribution is -2.35. The van der Waals surface area contributed by atoms with Crippen LogP contribution >= 0.6 is 23.2 Å². The molecule has 0 aliphatic carbocycles. The zero-order valence-electron chi connectivity index (χ0n) is 12.0. The number of nitrogens with zero attached hydrogens (tertiary/aromatic N) is 1. The van der Waals surface area contributed by atoms with E-state index < -0.39 is 0 Å². The van der Waals surface area contributed by atoms with Gasteiger partial charge in [0.2, 0.25) is 11.8 Å². The molecule has 21 heavy (non-hydrogen) atoms. The number of benzene rings is 1. The van der Waals surface area contributed by atoms with Gasteiger partial charge in [0.25, 0.3) is 0 Å². The third kappa shape index (κ3) is 5.91. The van der Waals surface area contributed by atoms with Gasteiger partial charge in [0, 0.05) is 27.2 Å². The molecule has 0 aliphatic rings. The fourth-order valence-electron chi connectivity index (χ4n) is 1.66. The molecule has 0 fully saturated rings. The van der Waals surface area contributed by atoms with Gasteiger partial charge < -0.3 is 15.0 Å². The van der Waals surface area contributed by atoms with Crippen molar-refractivity contribution in [3.05, 3.63) is 28.2 Å². The van der Waals surface area contributed by atoms with E-state index in [-0.39, 0.29) is 18.4 Å². The highest BCUT2D eigenvalue weighted by Gasteiger charge is 2.14. The Hall–Kier alpha value is -1.30. The molecule has 7 heteroatoms. The standard InChI is InChI=1S/C14H18Cl2N2O3/c1-18(13(20)7-4-8-21-2)9-12(19)17-14-10(15)5-3-6-11(14)16/h3,5-6H,4,7-9H2,1-2H3,(H,17,19). The minimum atomic E-state index is -0.354. The maximum Gasteiger partial charge on any atom is 0.244 e. The van der Waals surface area contributed by atoms with Gasteiger partial charge in [-0.25, -0.2) is 0 Å². The van der Waals surface area contributed by atoms with Gasteiger partial charge in [0.1, 0.15) is 0 Å². The topological polar surface area (TPSA) is 58.6 Å². The average Bonchev–Trinajstić information content (AvgIpc) is 2.43. The molecule has 0 saturated heterocycles. The van der Waals surface area contributed by atoms with Crippen molar-refractivity contribution in [1.29, 1.82) is 0 Å². The van der Waals surface area contributed by atoms with E-state index in [0.717, 1.165) is 0 Å². The fraction of sp³-hybridized carbons (Fsp3) is 0.429. The molecule has 1 rings (SSSR count). The van der Waals surface area contributed by atoms with Gasteiger partial charge >= 0.3 is 0 Å². The SMILES string of the molecule is COCCCC(=O)N(C)CC(=O)Nc1c(Cl)cccc1Cl. The van der Waals surface area contributed by atoms with Crippen molar-refractivity contribution >= 4 is 40.7 Å². The third-order valence-electron chi connectivity index (χ3n) is 2.77. The molecule has 2 amide bonds. The second-order valence-corrected chi connectivity index (χ2v) is 5.31. The lowest BCUT2D eigenvalue weighted by molar-refractivity contribution is -0.133. The van der Waals surface area contributed by atoms with E-state index in [1.165, 1.54) is 4.90 Å². The molecule has 0 aliphatic heterocycles. The van der Waals surface area contributed by atoms with E-state index in [2.05, 4.69) is 5.32 Å². The summed E-state index contributed by atoms with van der Waals surface area (Å²) in [6, 6.07) is 4.94. The highest BCUT2D eigenvalue weighted by atomic mass is 35.5. The Morgan fingerprint density at radius 3 is 2.48 bits per heavy atom. The van der Waals surface area contributed by atoms with Crippen LogP contribution in [0.4, 0.5) is 5.69 Å². The second-order valence-electron chi connectivity index (χ2n) is 4.49. The minimum Gasteiger partial charge on any atom is -0.385 e. The summed E-state index contributed by atoms with van der Waals surface area (Å²) < 4.78 is 4.88. The quantitative estimate of drug-likeness (QED) is 0.781. The van der Waals surface area contributed by atoms with Crippen LogP contribution < -0.4 is 5.32 Å². The van der Waals surface area contributed by atoms with Crippen LogP contribution in [-0.4, -0.2) is 44.0 Å². The molecule has 1 N–H and O–H groups in total. The largest absolute Gasteiger partial charge is 0.385 e. The van der Waals surface area contributed by atoms with Crippen molar-refractivity contribution in [2.24, 2.45) is 0 Å². The maximum atomic E-state index is 11.9. The first kappa shape index (κ1) is 17.8. The summed E-state index contributed by atoms with van der Waals surface area (Å²) in [6.07, 6.45) is 0.960. The molecular weight excluding hydrogens is 315 g/mol. The summed E-state index contributed by atoms with van der Waals surface area (Å²) in [5, 5.41) is 3.31. The molecule has 0 saturated carbocycles. The predicted molar refractivity (Wildman–Crippen MR) is 83.8 cm³/mol. The third-order valence-corrected chi connectivity index (χ3v) is 3.40. The Bertz CT molecular complexity index is 489. The van der Waals surface area contributed by atoms with E-state index in [1.54, 1.807) is 32.4 Å². The van der Waals surface area contributed by atoms with E-state index in [0.29, 0.717) is 35.2 Å². The summed E-state index contributed by atoms with van der Waals surface area (Å²) in [7, 11) is 3.15. The van der Waals surface area contributed by atoms with Crippen molar-refractivity contribution in [1.82, 2.24) is 4.90 Å². The number of rotatable bonds is 7. The average molecular weight is 333 g/mol. The summed E-state index contributed by atoms with van der Waals surface area (Å²) >= 11 is 11.9. The second kappa shape index (κ2) is 8.87. The van der Waals surface area contributed by atoms with Crippen LogP contribution in [0.3, 0.4) is 0 Å². The molecular formula is C14H18Cl2N2O3. The van der Waals surface area contributed by atoms with Crippen LogP contribution in [0.15, 0.2) is 18.2 Å². The monoisotopic (exact) mass is 332 g/mol. The van der Waals surface area contributed by atoms with Gasteiger partial charge in [-0.2, -0.15) is 0 Å². The van der Waals surface area contributed by atoms with Gasteiger partial charge in [-0.15, -0.1) is 0 Å². The van der Waals surface area contributed by atoms with Crippen molar-refractivity contribution in [2.45, 2.75) is 12.8 Å². The van der Waals surface area contributed by atoms with Gasteiger partial charge in [-0.1, -0.05) is 29.3 Å². The van der Waals surface area contributed by atoms with E-state index in [1.807, 2.05) is 0 Å². The molecule has 0 radical (unpaired) electrons. The summed E-state index contributed by atoms with van der Waals surface area (Å²) in [5.41, 5.74) is 0.353. The van der Waals surface area contributed by atoms with Crippen LogP contribution in [0, 0.1) is 0 Å². The number of hydrogen-bond donors (Lipinski definition) is 1. The Morgan fingerprint density at radius 1 is 1.29 bits per heavy atom.